The van der Waals surface area contributed by atoms with Crippen LogP contribution in [0.5, 0.6) is 0 Å². The van der Waals surface area contributed by atoms with Crippen LogP contribution in [0.15, 0.2) is 42.0 Å². The molecule has 1 heteroatoms. The Labute approximate surface area is 96.1 Å². The monoisotopic (exact) mass is 214 g/mol. The molecule has 0 aliphatic heterocycles. The van der Waals surface area contributed by atoms with Crippen LogP contribution in [0, 0.1) is 0 Å². The molecule has 0 saturated heterocycles. The van der Waals surface area contributed by atoms with Crippen LogP contribution in [0.2, 0.25) is 0 Å². The number of rotatable bonds is 0. The Morgan fingerprint density at radius 3 is 2.93 bits per heavy atom. The second-order valence-corrected chi connectivity index (χ2v) is 5.04. The Kier molecular flexibility index (Phi) is 2.03. The molecule has 1 unspecified atom stereocenters. The standard InChI is InChI=1S/C14H14S/c1-9-11-4-2-3-5-13(11)14-8-10(15)6-7-12(9)14/h2-7,9-10,15H,8H2,1H3/t9-,10?/m1/s1. The van der Waals surface area contributed by atoms with Gasteiger partial charge >= 0.3 is 0 Å². The van der Waals surface area contributed by atoms with Crippen LogP contribution < -0.4 is 0 Å². The van der Waals surface area contributed by atoms with Gasteiger partial charge in [0.25, 0.3) is 0 Å². The summed E-state index contributed by atoms with van der Waals surface area (Å²) in [5, 5.41) is 0.391. The molecule has 76 valence electrons. The Morgan fingerprint density at radius 2 is 2.07 bits per heavy atom. The van der Waals surface area contributed by atoms with Crippen LogP contribution in [-0.4, -0.2) is 5.25 Å². The molecule has 0 aromatic heterocycles. The molecule has 2 aliphatic carbocycles. The first-order valence-electron chi connectivity index (χ1n) is 5.46. The van der Waals surface area contributed by atoms with E-state index >= 15 is 0 Å². The number of fused-ring (bicyclic) bond motifs is 2. The molecule has 0 nitrogen and oxygen atoms in total. The van der Waals surface area contributed by atoms with Gasteiger partial charge in [-0.1, -0.05) is 43.3 Å². The first-order valence-corrected chi connectivity index (χ1v) is 5.97. The summed E-state index contributed by atoms with van der Waals surface area (Å²) in [6.45, 7) is 2.30. The Balaban J connectivity index is 2.17. The van der Waals surface area contributed by atoms with Gasteiger partial charge in [0.1, 0.15) is 0 Å². The van der Waals surface area contributed by atoms with Crippen molar-refractivity contribution in [3.05, 3.63) is 53.1 Å². The van der Waals surface area contributed by atoms with E-state index in [4.69, 9.17) is 0 Å². The van der Waals surface area contributed by atoms with E-state index in [1.807, 2.05) is 0 Å². The predicted octanol–water partition coefficient (Wildman–Crippen LogP) is 3.82. The van der Waals surface area contributed by atoms with Gasteiger partial charge in [0.15, 0.2) is 0 Å². The zero-order valence-electron chi connectivity index (χ0n) is 8.77. The maximum atomic E-state index is 4.54. The summed E-state index contributed by atoms with van der Waals surface area (Å²) in [4.78, 5) is 0. The van der Waals surface area contributed by atoms with Crippen molar-refractivity contribution in [3.63, 3.8) is 0 Å². The van der Waals surface area contributed by atoms with Crippen molar-refractivity contribution < 1.29 is 0 Å². The third kappa shape index (κ3) is 1.30. The van der Waals surface area contributed by atoms with Gasteiger partial charge in [-0.05, 0) is 28.7 Å². The van der Waals surface area contributed by atoms with Gasteiger partial charge < -0.3 is 0 Å². The molecule has 15 heavy (non-hydrogen) atoms. The predicted molar refractivity (Wildman–Crippen MR) is 68.3 cm³/mol. The highest BCUT2D eigenvalue weighted by Gasteiger charge is 2.28. The molecule has 1 aromatic rings. The first-order chi connectivity index (χ1) is 7.27. The first kappa shape index (κ1) is 9.29. The van der Waals surface area contributed by atoms with Crippen LogP contribution in [0.25, 0.3) is 5.57 Å². The van der Waals surface area contributed by atoms with Crippen LogP contribution in [0.3, 0.4) is 0 Å². The second kappa shape index (κ2) is 3.28. The lowest BCUT2D eigenvalue weighted by atomic mass is 9.94. The maximum Gasteiger partial charge on any atom is 0.0240 e. The molecule has 0 radical (unpaired) electrons. The summed E-state index contributed by atoms with van der Waals surface area (Å²) < 4.78 is 0. The van der Waals surface area contributed by atoms with E-state index < -0.39 is 0 Å². The molecular formula is C14H14S. The van der Waals surface area contributed by atoms with Crippen LogP contribution in [-0.2, 0) is 0 Å². The van der Waals surface area contributed by atoms with Crippen molar-refractivity contribution in [3.8, 4) is 0 Å². The number of hydrogen-bond donors (Lipinski definition) is 1. The lowest BCUT2D eigenvalue weighted by Gasteiger charge is -2.15. The van der Waals surface area contributed by atoms with Crippen molar-refractivity contribution in [2.45, 2.75) is 24.5 Å². The van der Waals surface area contributed by atoms with Gasteiger partial charge in [-0.25, -0.2) is 0 Å². The summed E-state index contributed by atoms with van der Waals surface area (Å²) in [5.41, 5.74) is 5.94. The quantitative estimate of drug-likeness (QED) is 0.624. The molecular weight excluding hydrogens is 200 g/mol. The van der Waals surface area contributed by atoms with E-state index in [0.717, 1.165) is 6.42 Å². The normalized spacial score (nSPS) is 27.9. The van der Waals surface area contributed by atoms with Gasteiger partial charge in [-0.3, -0.25) is 0 Å². The number of hydrogen-bond acceptors (Lipinski definition) is 1. The fourth-order valence-corrected chi connectivity index (χ4v) is 2.97. The van der Waals surface area contributed by atoms with Gasteiger partial charge in [-0.15, -0.1) is 0 Å². The summed E-state index contributed by atoms with van der Waals surface area (Å²) in [6.07, 6.45) is 5.56. The van der Waals surface area contributed by atoms with Crippen molar-refractivity contribution in [2.24, 2.45) is 0 Å². The fraction of sp³-hybridized carbons (Fsp3) is 0.286. The minimum atomic E-state index is 0.391. The fourth-order valence-electron chi connectivity index (χ4n) is 2.70. The van der Waals surface area contributed by atoms with Gasteiger partial charge in [0.05, 0.1) is 0 Å². The third-order valence-electron chi connectivity index (χ3n) is 3.48. The summed E-state index contributed by atoms with van der Waals surface area (Å²) in [6, 6.07) is 8.76. The maximum absolute atomic E-state index is 4.54. The third-order valence-corrected chi connectivity index (χ3v) is 3.83. The van der Waals surface area contributed by atoms with Crippen molar-refractivity contribution in [1.82, 2.24) is 0 Å². The molecule has 0 heterocycles. The second-order valence-electron chi connectivity index (χ2n) is 4.37. The molecule has 0 amide bonds. The minimum Gasteiger partial charge on any atom is -0.171 e. The molecule has 1 aromatic carbocycles. The zero-order chi connectivity index (χ0) is 10.4. The van der Waals surface area contributed by atoms with Gasteiger partial charge in [-0.2, -0.15) is 12.6 Å². The molecule has 0 spiro atoms. The van der Waals surface area contributed by atoms with E-state index in [1.165, 1.54) is 22.3 Å². The lowest BCUT2D eigenvalue weighted by molar-refractivity contribution is 0.934. The number of benzene rings is 1. The van der Waals surface area contributed by atoms with Gasteiger partial charge in [0.2, 0.25) is 0 Å². The molecule has 3 rings (SSSR count). The molecule has 0 N–H and O–H groups in total. The molecule has 0 fully saturated rings. The van der Waals surface area contributed by atoms with E-state index in [-0.39, 0.29) is 0 Å². The summed E-state index contributed by atoms with van der Waals surface area (Å²) in [7, 11) is 0. The molecule has 0 bridgehead atoms. The molecule has 2 atom stereocenters. The summed E-state index contributed by atoms with van der Waals surface area (Å²) in [5.74, 6) is 0.563. The van der Waals surface area contributed by atoms with E-state index in [1.54, 1.807) is 0 Å². The Morgan fingerprint density at radius 1 is 1.27 bits per heavy atom. The zero-order valence-corrected chi connectivity index (χ0v) is 9.67. The highest BCUT2D eigenvalue weighted by Crippen LogP contribution is 2.46. The van der Waals surface area contributed by atoms with Crippen molar-refractivity contribution in [1.29, 1.82) is 0 Å². The molecule has 0 saturated carbocycles. The smallest absolute Gasteiger partial charge is 0.0240 e. The Hall–Kier alpha value is -0.950. The van der Waals surface area contributed by atoms with Crippen LogP contribution in [0.4, 0.5) is 0 Å². The van der Waals surface area contributed by atoms with E-state index in [9.17, 15) is 0 Å². The highest BCUT2D eigenvalue weighted by molar-refractivity contribution is 7.81. The van der Waals surface area contributed by atoms with Crippen LogP contribution >= 0.6 is 12.6 Å². The average Bonchev–Trinajstić information content (AvgIpc) is 2.54. The van der Waals surface area contributed by atoms with Crippen LogP contribution in [0.1, 0.15) is 30.4 Å². The SMILES string of the molecule is C[C@H]1C2=C(CC(S)C=C2)c2ccccc21. The van der Waals surface area contributed by atoms with Gasteiger partial charge in [0, 0.05) is 11.2 Å². The van der Waals surface area contributed by atoms with E-state index in [2.05, 4.69) is 56.0 Å². The summed E-state index contributed by atoms with van der Waals surface area (Å²) >= 11 is 4.54. The number of thiol groups is 1. The highest BCUT2D eigenvalue weighted by atomic mass is 32.1. The topological polar surface area (TPSA) is 0 Å². The number of allylic oxidation sites excluding steroid dienone is 3. The minimum absolute atomic E-state index is 0.391. The average molecular weight is 214 g/mol. The van der Waals surface area contributed by atoms with E-state index in [0.29, 0.717) is 11.2 Å². The lowest BCUT2D eigenvalue weighted by Crippen LogP contribution is -2.01. The van der Waals surface area contributed by atoms with Crippen molar-refractivity contribution in [2.75, 3.05) is 0 Å². The molecule has 2 aliphatic rings. The Bertz CT molecular complexity index is 468. The van der Waals surface area contributed by atoms with Crippen molar-refractivity contribution >= 4 is 18.2 Å². The largest absolute Gasteiger partial charge is 0.171 e.